The predicted molar refractivity (Wildman–Crippen MR) is 265 cm³/mol. The molecule has 9 aromatic rings. The molecule has 2 fully saturated rings. The van der Waals surface area contributed by atoms with E-state index in [2.05, 4.69) is 181 Å². The summed E-state index contributed by atoms with van der Waals surface area (Å²) < 4.78 is 2.35. The van der Waals surface area contributed by atoms with Gasteiger partial charge in [-0.3, -0.25) is 0 Å². The van der Waals surface area contributed by atoms with Crippen molar-refractivity contribution >= 4 is 38.9 Å². The molecule has 6 nitrogen and oxygen atoms in total. The van der Waals surface area contributed by atoms with E-state index in [0.717, 1.165) is 57.8 Å². The first-order valence-electron chi connectivity index (χ1n) is 22.9. The minimum Gasteiger partial charge on any atom is -0.310 e. The second-order valence-corrected chi connectivity index (χ2v) is 19.0. The third-order valence-electron chi connectivity index (χ3n) is 14.7. The van der Waals surface area contributed by atoms with Crippen molar-refractivity contribution in [3.63, 3.8) is 0 Å². The van der Waals surface area contributed by atoms with E-state index in [-0.39, 0.29) is 29.1 Å². The van der Waals surface area contributed by atoms with E-state index >= 15 is 0 Å². The molecule has 316 valence electrons. The van der Waals surface area contributed by atoms with Crippen LogP contribution < -0.4 is 4.90 Å². The van der Waals surface area contributed by atoms with Gasteiger partial charge in [-0.15, -0.1) is 0 Å². The average Bonchev–Trinajstić information content (AvgIpc) is 4.32. The Kier molecular flexibility index (Phi) is 9.05. The number of para-hydroxylation sites is 2. The molecular weight excluding hydrogens is 817 g/mol. The van der Waals surface area contributed by atoms with Crippen molar-refractivity contribution in [2.24, 2.45) is 0 Å². The Morgan fingerprint density at radius 2 is 0.896 bits per heavy atom. The normalized spacial score (nSPS) is 18.5. The first kappa shape index (κ1) is 39.9. The highest BCUT2D eigenvalue weighted by molar-refractivity contribution is 6.10. The Bertz CT molecular complexity index is 3490. The lowest BCUT2D eigenvalue weighted by Crippen LogP contribution is -2.31. The van der Waals surface area contributed by atoms with Crippen LogP contribution in [-0.2, 0) is 5.41 Å². The lowest BCUT2D eigenvalue weighted by Gasteiger charge is -2.42. The Morgan fingerprint density at radius 1 is 0.418 bits per heavy atom. The number of aromatic nitrogens is 1. The summed E-state index contributed by atoms with van der Waals surface area (Å²) in [5.74, 6) is 1.07. The molecule has 8 aromatic carbocycles. The van der Waals surface area contributed by atoms with Crippen LogP contribution in [0.5, 0.6) is 0 Å². The fourth-order valence-electron chi connectivity index (χ4n) is 11.2. The van der Waals surface area contributed by atoms with Crippen LogP contribution in [0.15, 0.2) is 170 Å². The van der Waals surface area contributed by atoms with Crippen molar-refractivity contribution in [1.82, 2.24) is 4.57 Å². The molecule has 2 aliphatic carbocycles. The maximum Gasteiger partial charge on any atom is 0.0992 e. The molecule has 67 heavy (non-hydrogen) atoms. The maximum atomic E-state index is 9.72. The van der Waals surface area contributed by atoms with Crippen LogP contribution in [-0.4, -0.2) is 4.57 Å². The Labute approximate surface area is 390 Å². The fourth-order valence-corrected chi connectivity index (χ4v) is 11.2. The van der Waals surface area contributed by atoms with Crippen LogP contribution in [0.4, 0.5) is 17.1 Å². The topological polar surface area (TPSA) is 103 Å². The van der Waals surface area contributed by atoms with Gasteiger partial charge in [0, 0.05) is 27.6 Å². The lowest BCUT2D eigenvalue weighted by molar-refractivity contribution is 0.629. The minimum absolute atomic E-state index is 0.245. The summed E-state index contributed by atoms with van der Waals surface area (Å²) in [5.41, 5.74) is 18.1. The van der Waals surface area contributed by atoms with Crippen molar-refractivity contribution in [3.8, 4) is 41.1 Å². The number of nitriles is 4. The zero-order valence-electron chi connectivity index (χ0n) is 37.1. The molecule has 0 spiro atoms. The number of rotatable bonds is 7. The molecule has 12 rings (SSSR count). The largest absolute Gasteiger partial charge is 0.310 e. The molecule has 2 saturated carbocycles. The van der Waals surface area contributed by atoms with E-state index < -0.39 is 0 Å². The molecule has 3 aliphatic rings. The van der Waals surface area contributed by atoms with Crippen molar-refractivity contribution in [2.75, 3.05) is 4.90 Å². The van der Waals surface area contributed by atoms with E-state index in [1.54, 1.807) is 12.1 Å². The number of benzene rings is 8. The van der Waals surface area contributed by atoms with Gasteiger partial charge in [-0.1, -0.05) is 92.7 Å². The van der Waals surface area contributed by atoms with Crippen molar-refractivity contribution in [3.05, 3.63) is 225 Å². The summed E-state index contributed by atoms with van der Waals surface area (Å²) in [6.07, 6.45) is 1.93. The van der Waals surface area contributed by atoms with Gasteiger partial charge in [-0.25, -0.2) is 0 Å². The van der Waals surface area contributed by atoms with Gasteiger partial charge < -0.3 is 9.47 Å². The molecule has 1 aliphatic heterocycles. The molecule has 2 heterocycles. The molecule has 0 N–H and O–H groups in total. The van der Waals surface area contributed by atoms with E-state index in [9.17, 15) is 21.0 Å². The summed E-state index contributed by atoms with van der Waals surface area (Å²) in [4.78, 5) is 2.42. The van der Waals surface area contributed by atoms with Gasteiger partial charge in [-0.05, 0) is 172 Å². The van der Waals surface area contributed by atoms with Crippen LogP contribution in [0, 0.1) is 45.3 Å². The van der Waals surface area contributed by atoms with E-state index in [0.29, 0.717) is 22.3 Å². The van der Waals surface area contributed by atoms with E-state index in [1.807, 2.05) is 24.3 Å². The van der Waals surface area contributed by atoms with Crippen molar-refractivity contribution in [1.29, 1.82) is 21.0 Å². The quantitative estimate of drug-likeness (QED) is 0.159. The van der Waals surface area contributed by atoms with Crippen LogP contribution in [0.1, 0.15) is 106 Å². The van der Waals surface area contributed by atoms with Gasteiger partial charge in [0.05, 0.1) is 68.9 Å². The third kappa shape index (κ3) is 6.58. The second kappa shape index (κ2) is 15.2. The standard InChI is InChI=1S/C61H42N6/c1-61(2)55-29-43(50-31-52(50)45-24-37(33-62)22-38(25-45)34-63)15-20-59(55)67(60-21-16-44(30-56(60)61)51-32-53(51)46-26-39(35-64)23-40(27-46)36-65)48-17-12-41(13-18-48)42-14-19-58-54(28-42)49-10-6-7-11-57(49)66(58)47-8-4-3-5-9-47/h3-30,50-53H,31-32H2,1-2H3. The lowest BCUT2D eigenvalue weighted by atomic mass is 9.72. The molecule has 0 radical (unpaired) electrons. The number of anilines is 3. The smallest absolute Gasteiger partial charge is 0.0992 e. The Balaban J connectivity index is 0.936. The molecular formula is C61H42N6. The predicted octanol–water partition coefficient (Wildman–Crippen LogP) is 14.6. The molecule has 4 unspecified atom stereocenters. The van der Waals surface area contributed by atoms with Crippen molar-refractivity contribution < 1.29 is 0 Å². The van der Waals surface area contributed by atoms with E-state index in [4.69, 9.17) is 0 Å². The summed E-state index contributed by atoms with van der Waals surface area (Å²) in [5, 5.41) is 41.3. The summed E-state index contributed by atoms with van der Waals surface area (Å²) in [7, 11) is 0. The zero-order valence-corrected chi connectivity index (χ0v) is 37.1. The van der Waals surface area contributed by atoms with Crippen LogP contribution in [0.25, 0.3) is 38.6 Å². The first-order valence-corrected chi connectivity index (χ1v) is 22.9. The summed E-state index contributed by atoms with van der Waals surface area (Å²) in [6, 6.07) is 69.1. The highest BCUT2D eigenvalue weighted by atomic mass is 15.2. The highest BCUT2D eigenvalue weighted by Crippen LogP contribution is 2.60. The third-order valence-corrected chi connectivity index (χ3v) is 14.7. The van der Waals surface area contributed by atoms with Gasteiger partial charge in [0.2, 0.25) is 0 Å². The van der Waals surface area contributed by atoms with Gasteiger partial charge in [-0.2, -0.15) is 21.0 Å². The van der Waals surface area contributed by atoms with Gasteiger partial charge >= 0.3 is 0 Å². The number of nitrogens with zero attached hydrogens (tertiary/aromatic N) is 6. The monoisotopic (exact) mass is 858 g/mol. The molecule has 4 atom stereocenters. The van der Waals surface area contributed by atoms with E-state index in [1.165, 1.54) is 44.1 Å². The Hall–Kier alpha value is -8.68. The second-order valence-electron chi connectivity index (χ2n) is 19.0. The van der Waals surface area contributed by atoms with Gasteiger partial charge in [0.15, 0.2) is 0 Å². The zero-order chi connectivity index (χ0) is 45.6. The fraction of sp³-hybridized carbons (Fsp3) is 0.148. The number of hydrogen-bond acceptors (Lipinski definition) is 5. The first-order chi connectivity index (χ1) is 32.7. The van der Waals surface area contributed by atoms with Gasteiger partial charge in [0.25, 0.3) is 0 Å². The maximum absolute atomic E-state index is 9.72. The SMILES string of the molecule is CC1(C)c2cc(C3CC3c3cc(C#N)cc(C#N)c3)ccc2N(c2ccc(-c3ccc4c(c3)c3ccccc3n4-c3ccccc3)cc2)c2ccc(C3CC3c3cc(C#N)cc(C#N)c3)cc21. The van der Waals surface area contributed by atoms with Crippen molar-refractivity contribution in [2.45, 2.75) is 55.8 Å². The summed E-state index contributed by atoms with van der Waals surface area (Å²) in [6.45, 7) is 4.67. The molecule has 0 saturated heterocycles. The minimum atomic E-state index is -0.348. The summed E-state index contributed by atoms with van der Waals surface area (Å²) >= 11 is 0. The van der Waals surface area contributed by atoms with Gasteiger partial charge in [0.1, 0.15) is 0 Å². The molecule has 0 amide bonds. The molecule has 0 bridgehead atoms. The van der Waals surface area contributed by atoms with Crippen LogP contribution in [0.2, 0.25) is 0 Å². The molecule has 1 aromatic heterocycles. The number of hydrogen-bond donors (Lipinski definition) is 0. The van der Waals surface area contributed by atoms with Crippen LogP contribution in [0.3, 0.4) is 0 Å². The Morgan fingerprint density at radius 3 is 1.43 bits per heavy atom. The van der Waals surface area contributed by atoms with Crippen LogP contribution >= 0.6 is 0 Å². The number of fused-ring (bicyclic) bond motifs is 5. The molecule has 6 heteroatoms. The average molecular weight is 859 g/mol. The highest BCUT2D eigenvalue weighted by Gasteiger charge is 2.45.